The minimum absolute atomic E-state index is 0.546. The van der Waals surface area contributed by atoms with E-state index in [4.69, 9.17) is 10.2 Å². The standard InChI is InChI=1S/C13H9BrN2O/c14-9-5-3-4-8(12(9)15)13-16-10-6-1-2-7-11(10)17-13/h1-7H,15H2. The predicted molar refractivity (Wildman–Crippen MR) is 71.6 cm³/mol. The fraction of sp³-hybridized carbons (Fsp3) is 0. The summed E-state index contributed by atoms with van der Waals surface area (Å²) in [5.41, 5.74) is 9.03. The summed E-state index contributed by atoms with van der Waals surface area (Å²) in [5.74, 6) is 0.546. The van der Waals surface area contributed by atoms with Crippen molar-refractivity contribution in [3.63, 3.8) is 0 Å². The maximum Gasteiger partial charge on any atom is 0.229 e. The van der Waals surface area contributed by atoms with Crippen molar-refractivity contribution in [2.75, 3.05) is 5.73 Å². The molecule has 84 valence electrons. The predicted octanol–water partition coefficient (Wildman–Crippen LogP) is 3.84. The summed E-state index contributed by atoms with van der Waals surface area (Å²) in [6.07, 6.45) is 0. The van der Waals surface area contributed by atoms with Crippen LogP contribution in [0.4, 0.5) is 5.69 Å². The molecule has 2 aromatic carbocycles. The van der Waals surface area contributed by atoms with Gasteiger partial charge in [-0.25, -0.2) is 4.98 Å². The van der Waals surface area contributed by atoms with Crippen LogP contribution in [0.1, 0.15) is 0 Å². The lowest BCUT2D eigenvalue weighted by Crippen LogP contribution is -1.91. The topological polar surface area (TPSA) is 52.0 Å². The van der Waals surface area contributed by atoms with Gasteiger partial charge in [-0.15, -0.1) is 0 Å². The highest BCUT2D eigenvalue weighted by Gasteiger charge is 2.11. The summed E-state index contributed by atoms with van der Waals surface area (Å²) in [6, 6.07) is 13.3. The van der Waals surface area contributed by atoms with Crippen LogP contribution in [0, 0.1) is 0 Å². The molecule has 4 heteroatoms. The van der Waals surface area contributed by atoms with Crippen molar-refractivity contribution in [1.82, 2.24) is 4.98 Å². The molecule has 0 fully saturated rings. The largest absolute Gasteiger partial charge is 0.436 e. The number of fused-ring (bicyclic) bond motifs is 1. The smallest absolute Gasteiger partial charge is 0.229 e. The quantitative estimate of drug-likeness (QED) is 0.692. The second kappa shape index (κ2) is 3.89. The van der Waals surface area contributed by atoms with Gasteiger partial charge >= 0.3 is 0 Å². The molecule has 0 radical (unpaired) electrons. The van der Waals surface area contributed by atoms with Crippen LogP contribution in [-0.2, 0) is 0 Å². The first kappa shape index (κ1) is 10.4. The zero-order chi connectivity index (χ0) is 11.8. The second-order valence-corrected chi connectivity index (χ2v) is 4.54. The van der Waals surface area contributed by atoms with Crippen molar-refractivity contribution >= 4 is 32.7 Å². The lowest BCUT2D eigenvalue weighted by atomic mass is 10.2. The molecule has 0 aliphatic rings. The number of nitrogens with zero attached hydrogens (tertiary/aromatic N) is 1. The van der Waals surface area contributed by atoms with E-state index < -0.39 is 0 Å². The summed E-state index contributed by atoms with van der Waals surface area (Å²) < 4.78 is 6.52. The number of anilines is 1. The normalized spacial score (nSPS) is 10.9. The fourth-order valence-corrected chi connectivity index (χ4v) is 2.08. The Morgan fingerprint density at radius 3 is 2.71 bits per heavy atom. The van der Waals surface area contributed by atoms with Crippen molar-refractivity contribution in [2.24, 2.45) is 0 Å². The van der Waals surface area contributed by atoms with Crippen LogP contribution in [0.25, 0.3) is 22.6 Å². The minimum atomic E-state index is 0.546. The summed E-state index contributed by atoms with van der Waals surface area (Å²) in [7, 11) is 0. The van der Waals surface area contributed by atoms with Gasteiger partial charge in [0.05, 0.1) is 11.3 Å². The van der Waals surface area contributed by atoms with Gasteiger partial charge in [-0.2, -0.15) is 0 Å². The first-order valence-electron chi connectivity index (χ1n) is 5.15. The molecule has 0 atom stereocenters. The Balaban J connectivity index is 2.24. The second-order valence-electron chi connectivity index (χ2n) is 3.69. The van der Waals surface area contributed by atoms with Crippen LogP contribution < -0.4 is 5.73 Å². The van der Waals surface area contributed by atoms with Crippen molar-refractivity contribution in [3.8, 4) is 11.5 Å². The molecule has 0 saturated carbocycles. The Bertz CT molecular complexity index is 658. The molecule has 1 aromatic heterocycles. The number of nitrogens with two attached hydrogens (primary N) is 1. The third-order valence-electron chi connectivity index (χ3n) is 2.58. The highest BCUT2D eigenvalue weighted by molar-refractivity contribution is 9.10. The first-order valence-corrected chi connectivity index (χ1v) is 5.95. The van der Waals surface area contributed by atoms with Crippen molar-refractivity contribution in [2.45, 2.75) is 0 Å². The number of halogens is 1. The van der Waals surface area contributed by atoms with Crippen LogP contribution in [0.15, 0.2) is 51.4 Å². The molecule has 3 rings (SSSR count). The van der Waals surface area contributed by atoms with Crippen molar-refractivity contribution in [3.05, 3.63) is 46.9 Å². The van der Waals surface area contributed by atoms with Crippen molar-refractivity contribution < 1.29 is 4.42 Å². The lowest BCUT2D eigenvalue weighted by Gasteiger charge is -2.02. The summed E-state index contributed by atoms with van der Waals surface area (Å²) in [4.78, 5) is 4.42. The molecule has 0 saturated heterocycles. The number of oxazole rings is 1. The van der Waals surface area contributed by atoms with Crippen LogP contribution in [0.3, 0.4) is 0 Å². The maximum atomic E-state index is 5.99. The number of nitrogen functional groups attached to an aromatic ring is 1. The highest BCUT2D eigenvalue weighted by Crippen LogP contribution is 2.32. The van der Waals surface area contributed by atoms with Gasteiger partial charge < -0.3 is 10.2 Å². The Hall–Kier alpha value is -1.81. The van der Waals surface area contributed by atoms with E-state index in [0.717, 1.165) is 21.1 Å². The van der Waals surface area contributed by atoms with E-state index in [2.05, 4.69) is 20.9 Å². The third-order valence-corrected chi connectivity index (χ3v) is 3.27. The SMILES string of the molecule is Nc1c(Br)cccc1-c1nc2ccccc2o1. The molecule has 0 aliphatic carbocycles. The number of hydrogen-bond donors (Lipinski definition) is 1. The van der Waals surface area contributed by atoms with Gasteiger partial charge in [-0.05, 0) is 40.2 Å². The summed E-state index contributed by atoms with van der Waals surface area (Å²) in [5, 5.41) is 0. The number of hydrogen-bond acceptors (Lipinski definition) is 3. The van der Waals surface area contributed by atoms with Gasteiger partial charge in [-0.3, -0.25) is 0 Å². The molecule has 0 unspecified atom stereocenters. The Kier molecular flexibility index (Phi) is 2.37. The highest BCUT2D eigenvalue weighted by atomic mass is 79.9. The van der Waals surface area contributed by atoms with Gasteiger partial charge in [0.2, 0.25) is 5.89 Å². The number of para-hydroxylation sites is 3. The first-order chi connectivity index (χ1) is 8.25. The monoisotopic (exact) mass is 288 g/mol. The third kappa shape index (κ3) is 1.70. The maximum absolute atomic E-state index is 5.99. The minimum Gasteiger partial charge on any atom is -0.436 e. The van der Waals surface area contributed by atoms with Gasteiger partial charge in [0, 0.05) is 4.47 Å². The zero-order valence-electron chi connectivity index (χ0n) is 8.85. The van der Waals surface area contributed by atoms with Gasteiger partial charge in [0.15, 0.2) is 5.58 Å². The van der Waals surface area contributed by atoms with E-state index in [1.165, 1.54) is 0 Å². The average molecular weight is 289 g/mol. The molecule has 0 aliphatic heterocycles. The van der Waals surface area contributed by atoms with E-state index in [1.54, 1.807) is 0 Å². The van der Waals surface area contributed by atoms with E-state index in [9.17, 15) is 0 Å². The summed E-state index contributed by atoms with van der Waals surface area (Å²) in [6.45, 7) is 0. The molecule has 17 heavy (non-hydrogen) atoms. The van der Waals surface area contributed by atoms with E-state index in [0.29, 0.717) is 11.6 Å². The van der Waals surface area contributed by atoms with E-state index in [1.807, 2.05) is 42.5 Å². The number of aromatic nitrogens is 1. The van der Waals surface area contributed by atoms with E-state index in [-0.39, 0.29) is 0 Å². The average Bonchev–Trinajstić information content (AvgIpc) is 2.76. The Labute approximate surface area is 106 Å². The molecule has 2 N–H and O–H groups in total. The van der Waals surface area contributed by atoms with Crippen LogP contribution in [0.5, 0.6) is 0 Å². The molecule has 1 heterocycles. The Morgan fingerprint density at radius 2 is 1.88 bits per heavy atom. The van der Waals surface area contributed by atoms with Crippen molar-refractivity contribution in [1.29, 1.82) is 0 Å². The molecular weight excluding hydrogens is 280 g/mol. The molecule has 0 spiro atoms. The van der Waals surface area contributed by atoms with E-state index >= 15 is 0 Å². The molecule has 3 nitrogen and oxygen atoms in total. The summed E-state index contributed by atoms with van der Waals surface area (Å²) >= 11 is 3.39. The van der Waals surface area contributed by atoms with Crippen LogP contribution in [-0.4, -0.2) is 4.98 Å². The molecule has 0 amide bonds. The van der Waals surface area contributed by atoms with Gasteiger partial charge in [-0.1, -0.05) is 18.2 Å². The molecule has 0 bridgehead atoms. The molecule has 3 aromatic rings. The number of rotatable bonds is 1. The molecular formula is C13H9BrN2O. The van der Waals surface area contributed by atoms with Gasteiger partial charge in [0.1, 0.15) is 5.52 Å². The van der Waals surface area contributed by atoms with Gasteiger partial charge in [0.25, 0.3) is 0 Å². The Morgan fingerprint density at radius 1 is 1.06 bits per heavy atom. The lowest BCUT2D eigenvalue weighted by molar-refractivity contribution is 0.620. The zero-order valence-corrected chi connectivity index (χ0v) is 10.4. The number of benzene rings is 2. The van der Waals surface area contributed by atoms with Crippen LogP contribution >= 0.6 is 15.9 Å². The fourth-order valence-electron chi connectivity index (χ4n) is 1.71. The van der Waals surface area contributed by atoms with Crippen LogP contribution in [0.2, 0.25) is 0 Å².